The van der Waals surface area contributed by atoms with Crippen LogP contribution in [0.2, 0.25) is 0 Å². The predicted molar refractivity (Wildman–Crippen MR) is 112 cm³/mol. The van der Waals surface area contributed by atoms with Crippen LogP contribution in [0.5, 0.6) is 11.5 Å². The largest absolute Gasteiger partial charge is 0.508 e. The van der Waals surface area contributed by atoms with Gasteiger partial charge in [-0.2, -0.15) is 0 Å². The van der Waals surface area contributed by atoms with Crippen LogP contribution in [0.4, 0.5) is 4.39 Å². The number of pyridine rings is 1. The first-order valence-corrected chi connectivity index (χ1v) is 10.1. The molecule has 1 aromatic heterocycles. The second kappa shape index (κ2) is 8.66. The van der Waals surface area contributed by atoms with Crippen molar-refractivity contribution in [1.82, 2.24) is 9.88 Å². The first kappa shape index (κ1) is 19.5. The maximum Gasteiger partial charge on any atom is 0.256 e. The molecule has 0 unspecified atom stereocenters. The fraction of sp³-hybridized carbons (Fsp3) is 0.348. The molecule has 29 heavy (non-hydrogen) atoms. The van der Waals surface area contributed by atoms with Gasteiger partial charge >= 0.3 is 0 Å². The summed E-state index contributed by atoms with van der Waals surface area (Å²) in [6, 6.07) is 10.8. The minimum Gasteiger partial charge on any atom is -0.508 e. The van der Waals surface area contributed by atoms with Crippen molar-refractivity contribution >= 4 is 10.8 Å². The number of nitrogens with zero attached hydrogens (tertiary/aromatic N) is 1. The Morgan fingerprint density at radius 2 is 1.90 bits per heavy atom. The van der Waals surface area contributed by atoms with Crippen molar-refractivity contribution in [2.45, 2.75) is 25.7 Å². The van der Waals surface area contributed by atoms with E-state index in [0.29, 0.717) is 29.0 Å². The third kappa shape index (κ3) is 4.43. The van der Waals surface area contributed by atoms with Crippen LogP contribution in [-0.4, -0.2) is 41.2 Å². The molecule has 4 rings (SSSR count). The van der Waals surface area contributed by atoms with E-state index in [4.69, 9.17) is 4.74 Å². The third-order valence-corrected chi connectivity index (χ3v) is 5.39. The zero-order valence-corrected chi connectivity index (χ0v) is 16.3. The van der Waals surface area contributed by atoms with E-state index in [1.807, 2.05) is 0 Å². The van der Waals surface area contributed by atoms with Crippen molar-refractivity contribution in [1.29, 1.82) is 0 Å². The highest BCUT2D eigenvalue weighted by Crippen LogP contribution is 2.35. The molecule has 2 heterocycles. The number of phenolic OH excluding ortho intramolecular Hbond substituents is 1. The van der Waals surface area contributed by atoms with Crippen LogP contribution in [0.3, 0.4) is 0 Å². The summed E-state index contributed by atoms with van der Waals surface area (Å²) < 4.78 is 19.8. The highest BCUT2D eigenvalue weighted by molar-refractivity contribution is 5.93. The Hall–Kier alpha value is -2.86. The smallest absolute Gasteiger partial charge is 0.256 e. The quantitative estimate of drug-likeness (QED) is 0.610. The molecule has 0 amide bonds. The van der Waals surface area contributed by atoms with E-state index in [9.17, 15) is 14.3 Å². The molecule has 0 aliphatic carbocycles. The molecule has 6 heteroatoms. The van der Waals surface area contributed by atoms with E-state index < -0.39 is 11.4 Å². The molecule has 152 valence electrons. The van der Waals surface area contributed by atoms with Crippen molar-refractivity contribution in [3.05, 3.63) is 58.6 Å². The Balaban J connectivity index is 1.64. The van der Waals surface area contributed by atoms with Gasteiger partial charge in [0, 0.05) is 17.5 Å². The summed E-state index contributed by atoms with van der Waals surface area (Å²) in [5, 5.41) is 10.7. The van der Waals surface area contributed by atoms with Crippen LogP contribution in [0.1, 0.15) is 25.7 Å². The monoisotopic (exact) mass is 396 g/mol. The van der Waals surface area contributed by atoms with E-state index in [1.165, 1.54) is 31.4 Å². The highest BCUT2D eigenvalue weighted by atomic mass is 19.1. The molecular weight excluding hydrogens is 371 g/mol. The first-order chi connectivity index (χ1) is 14.1. The number of ether oxygens (including phenoxy) is 1. The van der Waals surface area contributed by atoms with Gasteiger partial charge in [-0.15, -0.1) is 0 Å². The molecule has 0 bridgehead atoms. The Bertz CT molecular complexity index is 1060. The molecule has 5 nitrogen and oxygen atoms in total. The van der Waals surface area contributed by atoms with Gasteiger partial charge in [-0.3, -0.25) is 4.79 Å². The molecule has 1 aliphatic rings. The van der Waals surface area contributed by atoms with Crippen molar-refractivity contribution in [2.75, 3.05) is 26.2 Å². The fourth-order valence-electron chi connectivity index (χ4n) is 3.93. The third-order valence-electron chi connectivity index (χ3n) is 5.39. The van der Waals surface area contributed by atoms with Crippen LogP contribution in [0.15, 0.2) is 47.3 Å². The molecule has 0 spiro atoms. The number of likely N-dealkylation sites (tertiary alicyclic amines) is 1. The number of phenols is 1. The number of hydrogen-bond donors (Lipinski definition) is 2. The van der Waals surface area contributed by atoms with Crippen molar-refractivity contribution in [2.24, 2.45) is 0 Å². The summed E-state index contributed by atoms with van der Waals surface area (Å²) >= 11 is 0. The van der Waals surface area contributed by atoms with E-state index in [1.54, 1.807) is 30.3 Å². The molecule has 1 aliphatic heterocycles. The van der Waals surface area contributed by atoms with Gasteiger partial charge in [0.2, 0.25) is 0 Å². The molecule has 1 fully saturated rings. The average Bonchev–Trinajstić information content (AvgIpc) is 2.73. The van der Waals surface area contributed by atoms with Gasteiger partial charge in [-0.25, -0.2) is 4.39 Å². The number of aromatic hydroxyl groups is 1. The van der Waals surface area contributed by atoms with Crippen LogP contribution in [0.25, 0.3) is 22.0 Å². The summed E-state index contributed by atoms with van der Waals surface area (Å²) in [6.07, 6.45) is 4.67. The lowest BCUT2D eigenvalue weighted by Crippen LogP contribution is -2.31. The maximum atomic E-state index is 13.7. The van der Waals surface area contributed by atoms with Gasteiger partial charge in [0.25, 0.3) is 5.56 Å². The first-order valence-electron chi connectivity index (χ1n) is 10.1. The lowest BCUT2D eigenvalue weighted by molar-refractivity contribution is 0.205. The lowest BCUT2D eigenvalue weighted by atomic mass is 10.1. The molecule has 3 aromatic rings. The number of benzene rings is 2. The van der Waals surface area contributed by atoms with Crippen molar-refractivity contribution in [3.63, 3.8) is 0 Å². The zero-order chi connectivity index (χ0) is 20.2. The Morgan fingerprint density at radius 3 is 2.69 bits per heavy atom. The molecule has 0 saturated carbocycles. The summed E-state index contributed by atoms with van der Waals surface area (Å²) in [4.78, 5) is 17.8. The molecule has 0 atom stereocenters. The second-order valence-corrected chi connectivity index (χ2v) is 7.50. The number of hydrogen-bond acceptors (Lipinski definition) is 4. The van der Waals surface area contributed by atoms with E-state index in [2.05, 4.69) is 9.88 Å². The Labute approximate surface area is 168 Å². The van der Waals surface area contributed by atoms with Crippen LogP contribution < -0.4 is 10.3 Å². The van der Waals surface area contributed by atoms with E-state index >= 15 is 0 Å². The second-order valence-electron chi connectivity index (χ2n) is 7.50. The number of piperidine rings is 1. The normalized spacial score (nSPS) is 14.9. The SMILES string of the molecule is O=c1[nH]c(-c2cccc(O)c2)c(OCCCN2CCCCC2)c2ccc(F)cc12. The average molecular weight is 396 g/mol. The number of halogens is 1. The van der Waals surface area contributed by atoms with Gasteiger partial charge in [-0.05, 0) is 62.7 Å². The van der Waals surface area contributed by atoms with Crippen molar-refractivity contribution in [3.8, 4) is 22.8 Å². The number of nitrogens with one attached hydrogen (secondary N) is 1. The summed E-state index contributed by atoms with van der Waals surface area (Å²) in [7, 11) is 0. The minimum absolute atomic E-state index is 0.0959. The molecular formula is C23H25FN2O3. The summed E-state index contributed by atoms with van der Waals surface area (Å²) in [5.74, 6) is 0.131. The number of aromatic nitrogens is 1. The zero-order valence-electron chi connectivity index (χ0n) is 16.3. The predicted octanol–water partition coefficient (Wildman–Crippen LogP) is 4.29. The van der Waals surface area contributed by atoms with Crippen molar-refractivity contribution < 1.29 is 14.2 Å². The standard InChI is InChI=1S/C23H25FN2O3/c24-17-8-9-19-20(15-17)23(28)25-21(16-6-4-7-18(27)14-16)22(19)29-13-5-12-26-10-2-1-3-11-26/h4,6-9,14-15,27H,1-3,5,10-13H2,(H,25,28). The number of rotatable bonds is 6. The number of aromatic amines is 1. The molecule has 1 saturated heterocycles. The topological polar surface area (TPSA) is 65.6 Å². The van der Waals surface area contributed by atoms with Gasteiger partial charge in [-0.1, -0.05) is 18.6 Å². The van der Waals surface area contributed by atoms with Crippen LogP contribution in [0, 0.1) is 5.82 Å². The van der Waals surface area contributed by atoms with Crippen LogP contribution in [-0.2, 0) is 0 Å². The highest BCUT2D eigenvalue weighted by Gasteiger charge is 2.16. The molecule has 2 aromatic carbocycles. The van der Waals surface area contributed by atoms with E-state index in [0.717, 1.165) is 26.1 Å². The van der Waals surface area contributed by atoms with Gasteiger partial charge in [0.15, 0.2) is 5.75 Å². The maximum absolute atomic E-state index is 13.7. The van der Waals surface area contributed by atoms with Crippen LogP contribution >= 0.6 is 0 Å². The lowest BCUT2D eigenvalue weighted by Gasteiger charge is -2.26. The Kier molecular flexibility index (Phi) is 5.81. The summed E-state index contributed by atoms with van der Waals surface area (Å²) in [5.41, 5.74) is 0.737. The Morgan fingerprint density at radius 1 is 1.07 bits per heavy atom. The summed E-state index contributed by atoms with van der Waals surface area (Å²) in [6.45, 7) is 3.73. The van der Waals surface area contributed by atoms with Gasteiger partial charge < -0.3 is 19.7 Å². The number of H-pyrrole nitrogens is 1. The van der Waals surface area contributed by atoms with Gasteiger partial charge in [0.1, 0.15) is 11.6 Å². The fourth-order valence-corrected chi connectivity index (χ4v) is 3.93. The number of fused-ring (bicyclic) bond motifs is 1. The molecule has 2 N–H and O–H groups in total. The minimum atomic E-state index is -0.468. The van der Waals surface area contributed by atoms with E-state index in [-0.39, 0.29) is 11.1 Å². The van der Waals surface area contributed by atoms with Gasteiger partial charge in [0.05, 0.1) is 17.7 Å². The molecule has 0 radical (unpaired) electrons.